The van der Waals surface area contributed by atoms with Crippen molar-refractivity contribution in [3.8, 4) is 11.1 Å². The summed E-state index contributed by atoms with van der Waals surface area (Å²) in [4.78, 5) is 0. The second kappa shape index (κ2) is 4.26. The van der Waals surface area contributed by atoms with E-state index < -0.39 is 6.17 Å². The van der Waals surface area contributed by atoms with E-state index in [0.717, 1.165) is 16.7 Å². The van der Waals surface area contributed by atoms with Gasteiger partial charge in [-0.2, -0.15) is 0 Å². The summed E-state index contributed by atoms with van der Waals surface area (Å²) < 4.78 is 0. The maximum atomic E-state index is 5.73. The van der Waals surface area contributed by atoms with E-state index in [-0.39, 0.29) is 0 Å². The first kappa shape index (κ1) is 9.90. The third-order valence-electron chi connectivity index (χ3n) is 2.40. The topological polar surface area (TPSA) is 52.0 Å². The van der Waals surface area contributed by atoms with E-state index >= 15 is 0 Å². The Morgan fingerprint density at radius 1 is 0.733 bits per heavy atom. The lowest BCUT2D eigenvalue weighted by molar-refractivity contribution is 0.776. The molecule has 0 fully saturated rings. The van der Waals surface area contributed by atoms with E-state index in [2.05, 4.69) is 12.1 Å². The summed E-state index contributed by atoms with van der Waals surface area (Å²) in [6, 6.07) is 18.1. The Labute approximate surface area is 89.5 Å². The molecule has 0 saturated carbocycles. The minimum absolute atomic E-state index is 0.429. The van der Waals surface area contributed by atoms with Gasteiger partial charge in [0.15, 0.2) is 0 Å². The molecule has 2 aromatic carbocycles. The van der Waals surface area contributed by atoms with Crippen molar-refractivity contribution < 1.29 is 0 Å². The van der Waals surface area contributed by atoms with Crippen LogP contribution in [0.3, 0.4) is 0 Å². The van der Waals surface area contributed by atoms with E-state index in [1.807, 2.05) is 42.5 Å². The summed E-state index contributed by atoms with van der Waals surface area (Å²) in [5, 5.41) is 0. The SMILES string of the molecule is NC(N)c1ccccc1-c1ccccc1. The zero-order valence-corrected chi connectivity index (χ0v) is 8.43. The van der Waals surface area contributed by atoms with Crippen molar-refractivity contribution in [2.75, 3.05) is 0 Å². The molecule has 76 valence electrons. The number of hydrogen-bond donors (Lipinski definition) is 2. The molecule has 0 aromatic heterocycles. The largest absolute Gasteiger partial charge is 0.312 e. The van der Waals surface area contributed by atoms with Gasteiger partial charge >= 0.3 is 0 Å². The highest BCUT2D eigenvalue weighted by Crippen LogP contribution is 2.25. The normalized spacial score (nSPS) is 10.6. The predicted molar refractivity (Wildman–Crippen MR) is 63.0 cm³/mol. The Morgan fingerprint density at radius 3 is 2.00 bits per heavy atom. The molecule has 0 aliphatic heterocycles. The molecule has 4 N–H and O–H groups in total. The Kier molecular flexibility index (Phi) is 2.81. The van der Waals surface area contributed by atoms with Gasteiger partial charge in [0.05, 0.1) is 6.17 Å². The lowest BCUT2D eigenvalue weighted by Gasteiger charge is -2.12. The quantitative estimate of drug-likeness (QED) is 0.727. The second-order valence-corrected chi connectivity index (χ2v) is 3.48. The molecule has 0 heterocycles. The molecule has 2 nitrogen and oxygen atoms in total. The molecule has 15 heavy (non-hydrogen) atoms. The van der Waals surface area contributed by atoms with Gasteiger partial charge in [-0.25, -0.2) is 0 Å². The van der Waals surface area contributed by atoms with Crippen molar-refractivity contribution in [2.24, 2.45) is 11.5 Å². The molecule has 0 bridgehead atoms. The first-order chi connectivity index (χ1) is 7.29. The maximum absolute atomic E-state index is 5.73. The van der Waals surface area contributed by atoms with Gasteiger partial charge in [0.2, 0.25) is 0 Å². The number of benzene rings is 2. The van der Waals surface area contributed by atoms with Crippen LogP contribution in [0.5, 0.6) is 0 Å². The van der Waals surface area contributed by atoms with Crippen LogP contribution in [0.1, 0.15) is 11.7 Å². The van der Waals surface area contributed by atoms with Crippen LogP contribution in [0.25, 0.3) is 11.1 Å². The zero-order valence-electron chi connectivity index (χ0n) is 8.43. The predicted octanol–water partition coefficient (Wildman–Crippen LogP) is 2.27. The van der Waals surface area contributed by atoms with Crippen molar-refractivity contribution in [1.29, 1.82) is 0 Å². The van der Waals surface area contributed by atoms with Gasteiger partial charge in [-0.3, -0.25) is 0 Å². The second-order valence-electron chi connectivity index (χ2n) is 3.48. The highest BCUT2D eigenvalue weighted by Gasteiger charge is 2.07. The number of hydrogen-bond acceptors (Lipinski definition) is 2. The lowest BCUT2D eigenvalue weighted by atomic mass is 9.98. The first-order valence-corrected chi connectivity index (χ1v) is 4.94. The average molecular weight is 198 g/mol. The third kappa shape index (κ3) is 2.06. The van der Waals surface area contributed by atoms with Crippen molar-refractivity contribution in [3.05, 3.63) is 60.2 Å². The molecule has 0 saturated heterocycles. The summed E-state index contributed by atoms with van der Waals surface area (Å²) in [7, 11) is 0. The number of nitrogens with two attached hydrogens (primary N) is 2. The molecule has 2 aromatic rings. The van der Waals surface area contributed by atoms with Crippen LogP contribution < -0.4 is 11.5 Å². The molecule has 0 unspecified atom stereocenters. The molecule has 0 atom stereocenters. The van der Waals surface area contributed by atoms with Gasteiger partial charge in [-0.1, -0.05) is 54.6 Å². The van der Waals surface area contributed by atoms with Crippen LogP contribution in [0.15, 0.2) is 54.6 Å². The van der Waals surface area contributed by atoms with Crippen LogP contribution >= 0.6 is 0 Å². The van der Waals surface area contributed by atoms with Crippen LogP contribution in [0.4, 0.5) is 0 Å². The van der Waals surface area contributed by atoms with Crippen LogP contribution in [-0.4, -0.2) is 0 Å². The number of rotatable bonds is 2. The Balaban J connectivity index is 2.53. The fourth-order valence-corrected chi connectivity index (χ4v) is 1.67. The van der Waals surface area contributed by atoms with Gasteiger partial charge in [0.25, 0.3) is 0 Å². The minimum Gasteiger partial charge on any atom is -0.312 e. The summed E-state index contributed by atoms with van der Waals surface area (Å²) >= 11 is 0. The highest BCUT2D eigenvalue weighted by atomic mass is 14.8. The fraction of sp³-hybridized carbons (Fsp3) is 0.0769. The van der Waals surface area contributed by atoms with Gasteiger partial charge in [0, 0.05) is 0 Å². The smallest absolute Gasteiger partial charge is 0.0790 e. The van der Waals surface area contributed by atoms with E-state index in [9.17, 15) is 0 Å². The summed E-state index contributed by atoms with van der Waals surface area (Å²) in [5.41, 5.74) is 14.7. The van der Waals surface area contributed by atoms with Gasteiger partial charge in [-0.05, 0) is 16.7 Å². The molecule has 0 aliphatic rings. The van der Waals surface area contributed by atoms with Crippen molar-refractivity contribution in [2.45, 2.75) is 6.17 Å². The maximum Gasteiger partial charge on any atom is 0.0790 e. The fourth-order valence-electron chi connectivity index (χ4n) is 1.67. The Hall–Kier alpha value is -1.64. The van der Waals surface area contributed by atoms with Crippen molar-refractivity contribution in [3.63, 3.8) is 0 Å². The zero-order chi connectivity index (χ0) is 10.7. The summed E-state index contributed by atoms with van der Waals surface area (Å²) in [6.45, 7) is 0. The molecular weight excluding hydrogens is 184 g/mol. The molecule has 0 aliphatic carbocycles. The van der Waals surface area contributed by atoms with Crippen LogP contribution in [-0.2, 0) is 0 Å². The van der Waals surface area contributed by atoms with E-state index in [1.165, 1.54) is 0 Å². The molecule has 0 radical (unpaired) electrons. The standard InChI is InChI=1S/C13H14N2/c14-13(15)12-9-5-4-8-11(12)10-6-2-1-3-7-10/h1-9,13H,14-15H2. The monoisotopic (exact) mass is 198 g/mol. The highest BCUT2D eigenvalue weighted by molar-refractivity contribution is 5.67. The van der Waals surface area contributed by atoms with Crippen LogP contribution in [0, 0.1) is 0 Å². The van der Waals surface area contributed by atoms with Crippen molar-refractivity contribution >= 4 is 0 Å². The molecule has 0 spiro atoms. The van der Waals surface area contributed by atoms with Gasteiger partial charge < -0.3 is 11.5 Å². The summed E-state index contributed by atoms with van der Waals surface area (Å²) in [5.74, 6) is 0. The van der Waals surface area contributed by atoms with Crippen LogP contribution in [0.2, 0.25) is 0 Å². The van der Waals surface area contributed by atoms with E-state index in [4.69, 9.17) is 11.5 Å². The summed E-state index contributed by atoms with van der Waals surface area (Å²) in [6.07, 6.45) is -0.429. The molecule has 2 rings (SSSR count). The van der Waals surface area contributed by atoms with Crippen molar-refractivity contribution in [1.82, 2.24) is 0 Å². The lowest BCUT2D eigenvalue weighted by Crippen LogP contribution is -2.20. The molecule has 2 heteroatoms. The van der Waals surface area contributed by atoms with E-state index in [0.29, 0.717) is 0 Å². The Bertz CT molecular complexity index is 435. The van der Waals surface area contributed by atoms with Gasteiger partial charge in [0.1, 0.15) is 0 Å². The van der Waals surface area contributed by atoms with Gasteiger partial charge in [-0.15, -0.1) is 0 Å². The Morgan fingerprint density at radius 2 is 1.33 bits per heavy atom. The third-order valence-corrected chi connectivity index (χ3v) is 2.40. The average Bonchev–Trinajstić information content (AvgIpc) is 2.30. The molecule has 0 amide bonds. The van der Waals surface area contributed by atoms with E-state index in [1.54, 1.807) is 0 Å². The first-order valence-electron chi connectivity index (χ1n) is 4.94. The molecular formula is C13H14N2. The minimum atomic E-state index is -0.429.